The summed E-state index contributed by atoms with van der Waals surface area (Å²) in [5.41, 5.74) is -2.67. The molecule has 0 amide bonds. The van der Waals surface area contributed by atoms with Gasteiger partial charge in [-0.1, -0.05) is 33.1 Å². The summed E-state index contributed by atoms with van der Waals surface area (Å²) < 4.78 is 9.20. The summed E-state index contributed by atoms with van der Waals surface area (Å²) >= 11 is 0. The highest BCUT2D eigenvalue weighted by Crippen LogP contribution is 2.19. The van der Waals surface area contributed by atoms with E-state index in [0.29, 0.717) is 0 Å². The molecule has 0 aromatic heterocycles. The lowest BCUT2D eigenvalue weighted by atomic mass is 9.95. The summed E-state index contributed by atoms with van der Waals surface area (Å²) in [4.78, 5) is 45.0. The zero-order valence-electron chi connectivity index (χ0n) is 14.4. The molecule has 24 heavy (non-hydrogen) atoms. The van der Waals surface area contributed by atoms with Gasteiger partial charge >= 0.3 is 23.9 Å². The highest BCUT2D eigenvalue weighted by molar-refractivity contribution is 5.91. The lowest BCUT2D eigenvalue weighted by molar-refractivity contribution is -0.175. The van der Waals surface area contributed by atoms with Crippen molar-refractivity contribution in [3.63, 3.8) is 0 Å². The van der Waals surface area contributed by atoms with Gasteiger partial charge < -0.3 is 19.7 Å². The van der Waals surface area contributed by atoms with Gasteiger partial charge in [0.15, 0.2) is 5.60 Å². The molecule has 2 unspecified atom stereocenters. The van der Waals surface area contributed by atoms with Gasteiger partial charge in [0.2, 0.25) is 0 Å². The Labute approximate surface area is 141 Å². The molecule has 0 rings (SSSR count). The second-order valence-corrected chi connectivity index (χ2v) is 5.76. The van der Waals surface area contributed by atoms with Gasteiger partial charge in [-0.25, -0.2) is 4.79 Å². The monoisotopic (exact) mass is 346 g/mol. The molecule has 2 N–H and O–H groups in total. The molecule has 0 radical (unpaired) electrons. The minimum absolute atomic E-state index is 0.128. The molecule has 0 aromatic carbocycles. The minimum Gasteiger partial charge on any atom is -0.479 e. The molecule has 8 heteroatoms. The summed E-state index contributed by atoms with van der Waals surface area (Å²) in [6, 6.07) is 0. The Morgan fingerprint density at radius 3 is 2.12 bits per heavy atom. The second-order valence-electron chi connectivity index (χ2n) is 5.76. The fraction of sp³-hybridized carbons (Fsp3) is 0.750. The number of carboxylic acids is 1. The number of unbranched alkanes of at least 4 members (excludes halogenated alkanes) is 1. The van der Waals surface area contributed by atoms with Crippen molar-refractivity contribution in [1.29, 1.82) is 0 Å². The Morgan fingerprint density at radius 2 is 1.67 bits per heavy atom. The summed E-state index contributed by atoms with van der Waals surface area (Å²) in [5, 5.41) is 19.0. The van der Waals surface area contributed by atoms with E-state index in [1.807, 2.05) is 13.8 Å². The molecular formula is C16H26O8. The van der Waals surface area contributed by atoms with Crippen molar-refractivity contribution in [2.75, 3.05) is 6.61 Å². The number of ether oxygens (including phenoxy) is 2. The number of esters is 3. The van der Waals surface area contributed by atoms with Crippen LogP contribution in [0.25, 0.3) is 0 Å². The quantitative estimate of drug-likeness (QED) is 0.425. The second kappa shape index (κ2) is 10.7. The predicted molar refractivity (Wildman–Crippen MR) is 82.9 cm³/mol. The van der Waals surface area contributed by atoms with E-state index in [2.05, 4.69) is 4.74 Å². The molecule has 0 saturated carbocycles. The maximum absolute atomic E-state index is 11.8. The molecule has 0 heterocycles. The van der Waals surface area contributed by atoms with E-state index >= 15 is 0 Å². The van der Waals surface area contributed by atoms with Gasteiger partial charge in [0.05, 0.1) is 19.4 Å². The molecule has 2 atom stereocenters. The van der Waals surface area contributed by atoms with E-state index in [0.717, 1.165) is 32.6 Å². The number of aliphatic hydroxyl groups is 1. The number of aliphatic carboxylic acids is 1. The van der Waals surface area contributed by atoms with E-state index in [1.54, 1.807) is 0 Å². The molecule has 0 spiro atoms. The molecule has 0 aliphatic carbocycles. The highest BCUT2D eigenvalue weighted by atomic mass is 16.6. The van der Waals surface area contributed by atoms with Gasteiger partial charge in [0, 0.05) is 6.92 Å². The third-order valence-corrected chi connectivity index (χ3v) is 3.55. The normalized spacial score (nSPS) is 14.3. The minimum atomic E-state index is -2.67. The molecule has 8 nitrogen and oxygen atoms in total. The van der Waals surface area contributed by atoms with Crippen LogP contribution in [0.15, 0.2) is 0 Å². The number of rotatable bonds is 11. The number of hydrogen-bond donors (Lipinski definition) is 2. The summed E-state index contributed by atoms with van der Waals surface area (Å²) in [6.07, 6.45) is 1.77. The van der Waals surface area contributed by atoms with Crippen molar-refractivity contribution < 1.29 is 38.9 Å². The van der Waals surface area contributed by atoms with Crippen LogP contribution in [-0.4, -0.2) is 46.3 Å². The zero-order valence-corrected chi connectivity index (χ0v) is 14.4. The van der Waals surface area contributed by atoms with E-state index in [4.69, 9.17) is 9.84 Å². The van der Waals surface area contributed by atoms with Gasteiger partial charge in [-0.05, 0) is 12.3 Å². The van der Waals surface area contributed by atoms with Crippen LogP contribution < -0.4 is 0 Å². The highest BCUT2D eigenvalue weighted by Gasteiger charge is 2.42. The van der Waals surface area contributed by atoms with Crippen molar-refractivity contribution in [3.05, 3.63) is 0 Å². The summed E-state index contributed by atoms with van der Waals surface area (Å²) in [7, 11) is 0. The maximum Gasteiger partial charge on any atom is 0.336 e. The molecule has 138 valence electrons. The summed E-state index contributed by atoms with van der Waals surface area (Å²) in [5.74, 6) is -4.69. The average Bonchev–Trinajstić information content (AvgIpc) is 2.46. The largest absolute Gasteiger partial charge is 0.479 e. The first-order valence-corrected chi connectivity index (χ1v) is 7.97. The average molecular weight is 346 g/mol. The number of carbonyl (C=O) groups is 4. The molecule has 0 bridgehead atoms. The Bertz CT molecular complexity index is 459. The number of carboxylic acid groups (broad SMARTS) is 1. The topological polar surface area (TPSA) is 127 Å². The van der Waals surface area contributed by atoms with Gasteiger partial charge in [-0.15, -0.1) is 0 Å². The Morgan fingerprint density at radius 1 is 1.08 bits per heavy atom. The van der Waals surface area contributed by atoms with Crippen molar-refractivity contribution in [2.45, 2.75) is 64.9 Å². The van der Waals surface area contributed by atoms with Crippen molar-refractivity contribution >= 4 is 23.9 Å². The smallest absolute Gasteiger partial charge is 0.336 e. The van der Waals surface area contributed by atoms with E-state index in [-0.39, 0.29) is 12.5 Å². The molecule has 0 saturated heterocycles. The molecule has 0 aromatic rings. The molecular weight excluding hydrogens is 320 g/mol. The van der Waals surface area contributed by atoms with Crippen molar-refractivity contribution in [1.82, 2.24) is 0 Å². The van der Waals surface area contributed by atoms with Crippen molar-refractivity contribution in [2.24, 2.45) is 5.92 Å². The van der Waals surface area contributed by atoms with Crippen LogP contribution in [0.2, 0.25) is 0 Å². The Balaban J connectivity index is 4.64. The standard InChI is InChI=1S/C16H26O8/c1-4-6-7-12(5-2)10-23-13(18)8-16(22,15(20)21)9-14(19)24-11(3)17/h12,22H,4-10H2,1-3H3,(H,20,21). The van der Waals surface area contributed by atoms with Gasteiger partial charge in [0.25, 0.3) is 0 Å². The first kappa shape index (κ1) is 22.0. The van der Waals surface area contributed by atoms with Gasteiger partial charge in [0.1, 0.15) is 0 Å². The molecule has 0 aliphatic heterocycles. The first-order valence-electron chi connectivity index (χ1n) is 7.97. The maximum atomic E-state index is 11.8. The fourth-order valence-corrected chi connectivity index (χ4v) is 2.05. The van der Waals surface area contributed by atoms with Crippen LogP contribution in [0.3, 0.4) is 0 Å². The van der Waals surface area contributed by atoms with E-state index in [9.17, 15) is 24.3 Å². The Hall–Kier alpha value is -1.96. The lowest BCUT2D eigenvalue weighted by Gasteiger charge is -2.22. The predicted octanol–water partition coefficient (Wildman–Crippen LogP) is 1.43. The zero-order chi connectivity index (χ0) is 18.8. The number of carbonyl (C=O) groups excluding carboxylic acids is 3. The van der Waals surface area contributed by atoms with Crippen molar-refractivity contribution in [3.8, 4) is 0 Å². The lowest BCUT2D eigenvalue weighted by Crippen LogP contribution is -2.43. The van der Waals surface area contributed by atoms with Crippen LogP contribution >= 0.6 is 0 Å². The summed E-state index contributed by atoms with van der Waals surface area (Å²) in [6.45, 7) is 5.10. The first-order chi connectivity index (χ1) is 11.1. The van der Waals surface area contributed by atoms with Crippen LogP contribution in [0.4, 0.5) is 0 Å². The molecule has 0 fully saturated rings. The van der Waals surface area contributed by atoms with Gasteiger partial charge in [-0.2, -0.15) is 0 Å². The van der Waals surface area contributed by atoms with Crippen LogP contribution in [0.5, 0.6) is 0 Å². The van der Waals surface area contributed by atoms with Crippen LogP contribution in [-0.2, 0) is 28.7 Å². The SMILES string of the molecule is CCCCC(CC)COC(=O)CC(O)(CC(=O)OC(C)=O)C(=O)O. The third-order valence-electron chi connectivity index (χ3n) is 3.55. The fourth-order valence-electron chi connectivity index (χ4n) is 2.05. The van der Waals surface area contributed by atoms with E-state index in [1.165, 1.54) is 0 Å². The Kier molecular flexibility index (Phi) is 9.87. The van der Waals surface area contributed by atoms with Gasteiger partial charge in [-0.3, -0.25) is 14.4 Å². The van der Waals surface area contributed by atoms with Crippen LogP contribution in [0.1, 0.15) is 59.3 Å². The molecule has 0 aliphatic rings. The number of hydrogen-bond acceptors (Lipinski definition) is 7. The van der Waals surface area contributed by atoms with E-state index < -0.39 is 42.3 Å². The van der Waals surface area contributed by atoms with Crippen LogP contribution in [0, 0.1) is 5.92 Å². The third kappa shape index (κ3) is 8.61.